The van der Waals surface area contributed by atoms with E-state index < -0.39 is 0 Å². The molecule has 2 aromatic rings. The van der Waals surface area contributed by atoms with Crippen molar-refractivity contribution in [3.8, 4) is 9.88 Å². The fourth-order valence-electron chi connectivity index (χ4n) is 1.51. The molecule has 0 saturated heterocycles. The first-order valence-electron chi connectivity index (χ1n) is 5.76. The Bertz CT molecular complexity index is 502. The number of hydrogen-bond acceptors (Lipinski definition) is 4. The molecule has 1 atom stereocenters. The lowest BCUT2D eigenvalue weighted by Gasteiger charge is -2.09. The molecule has 0 spiro atoms. The van der Waals surface area contributed by atoms with Crippen LogP contribution in [-0.2, 0) is 0 Å². The molecule has 0 amide bonds. The van der Waals surface area contributed by atoms with E-state index in [9.17, 15) is 0 Å². The van der Waals surface area contributed by atoms with Gasteiger partial charge in [-0.05, 0) is 57.8 Å². The van der Waals surface area contributed by atoms with Gasteiger partial charge in [0.15, 0.2) is 0 Å². The van der Waals surface area contributed by atoms with Gasteiger partial charge >= 0.3 is 0 Å². The van der Waals surface area contributed by atoms with Gasteiger partial charge in [-0.2, -0.15) is 0 Å². The van der Waals surface area contributed by atoms with E-state index in [4.69, 9.17) is 0 Å². The molecule has 0 aliphatic carbocycles. The predicted octanol–water partition coefficient (Wildman–Crippen LogP) is 5.46. The minimum Gasteiger partial charge on any atom is -0.309 e. The summed E-state index contributed by atoms with van der Waals surface area (Å²) in [6.07, 6.45) is 3.13. The molecule has 6 heteroatoms. The van der Waals surface area contributed by atoms with Gasteiger partial charge in [-0.25, -0.2) is 4.98 Å². The third-order valence-electron chi connectivity index (χ3n) is 2.51. The van der Waals surface area contributed by atoms with E-state index in [2.05, 4.69) is 62.1 Å². The first-order chi connectivity index (χ1) is 8.61. The Labute approximate surface area is 132 Å². The lowest BCUT2D eigenvalue weighted by atomic mass is 10.3. The third-order valence-corrected chi connectivity index (χ3v) is 7.11. The molecule has 18 heavy (non-hydrogen) atoms. The van der Waals surface area contributed by atoms with Crippen LogP contribution in [0.3, 0.4) is 0 Å². The topological polar surface area (TPSA) is 24.9 Å². The lowest BCUT2D eigenvalue weighted by molar-refractivity contribution is 0.577. The zero-order valence-electron chi connectivity index (χ0n) is 10.2. The highest BCUT2D eigenvalue weighted by atomic mass is 79.9. The number of thiazole rings is 1. The van der Waals surface area contributed by atoms with Crippen LogP contribution >= 0.6 is 54.5 Å². The number of nitrogens with zero attached hydrogens (tertiary/aromatic N) is 1. The molecule has 2 heterocycles. The fraction of sp³-hybridized carbons (Fsp3) is 0.417. The minimum absolute atomic E-state index is 0.378. The molecule has 0 fully saturated rings. The quantitative estimate of drug-likeness (QED) is 0.709. The van der Waals surface area contributed by atoms with Gasteiger partial charge < -0.3 is 5.32 Å². The van der Waals surface area contributed by atoms with Crippen LogP contribution in [0, 0.1) is 0 Å². The van der Waals surface area contributed by atoms with Gasteiger partial charge in [0, 0.05) is 21.6 Å². The zero-order chi connectivity index (χ0) is 13.1. The summed E-state index contributed by atoms with van der Waals surface area (Å²) < 4.78 is 2.21. The highest BCUT2D eigenvalue weighted by molar-refractivity contribution is 9.13. The van der Waals surface area contributed by atoms with Crippen molar-refractivity contribution in [2.24, 2.45) is 0 Å². The highest BCUT2D eigenvalue weighted by Crippen LogP contribution is 2.40. The normalized spacial score (nSPS) is 12.9. The van der Waals surface area contributed by atoms with E-state index in [-0.39, 0.29) is 0 Å². The number of aromatic nitrogens is 1. The fourth-order valence-corrected chi connectivity index (χ4v) is 4.54. The molecule has 1 N–H and O–H groups in total. The largest absolute Gasteiger partial charge is 0.309 e. The van der Waals surface area contributed by atoms with Crippen molar-refractivity contribution in [2.45, 2.75) is 26.3 Å². The van der Waals surface area contributed by atoms with E-state index in [0.29, 0.717) is 6.04 Å². The summed E-state index contributed by atoms with van der Waals surface area (Å²) in [7, 11) is 0. The summed E-state index contributed by atoms with van der Waals surface area (Å²) >= 11 is 10.5. The van der Waals surface area contributed by atoms with Crippen molar-refractivity contribution >= 4 is 54.5 Å². The van der Waals surface area contributed by atoms with Crippen LogP contribution in [-0.4, -0.2) is 11.5 Å². The van der Waals surface area contributed by atoms with Crippen LogP contribution in [0.2, 0.25) is 0 Å². The summed E-state index contributed by atoms with van der Waals surface area (Å²) in [5, 5.41) is 4.57. The molecule has 2 rings (SSSR count). The summed E-state index contributed by atoms with van der Waals surface area (Å²) in [5.74, 6) is 0. The Hall–Kier alpha value is 0.250. The summed E-state index contributed by atoms with van der Waals surface area (Å²) in [6, 6.07) is 2.49. The average molecular weight is 410 g/mol. The lowest BCUT2D eigenvalue weighted by Crippen LogP contribution is -2.18. The first kappa shape index (κ1) is 14.7. The van der Waals surface area contributed by atoms with E-state index in [1.165, 1.54) is 9.75 Å². The number of halogens is 2. The third kappa shape index (κ3) is 3.42. The molecular formula is C12H14Br2N2S2. The molecular weight excluding hydrogens is 396 g/mol. The molecule has 98 valence electrons. The van der Waals surface area contributed by atoms with Crippen molar-refractivity contribution < 1.29 is 0 Å². The predicted molar refractivity (Wildman–Crippen MR) is 87.5 cm³/mol. The highest BCUT2D eigenvalue weighted by Gasteiger charge is 2.13. The molecule has 2 aromatic heterocycles. The van der Waals surface area contributed by atoms with Gasteiger partial charge in [0.2, 0.25) is 0 Å². The number of thiophene rings is 1. The van der Waals surface area contributed by atoms with Crippen LogP contribution in [0.25, 0.3) is 9.88 Å². The van der Waals surface area contributed by atoms with Crippen molar-refractivity contribution in [2.75, 3.05) is 6.54 Å². The maximum atomic E-state index is 4.52. The van der Waals surface area contributed by atoms with E-state index in [1.54, 1.807) is 22.7 Å². The number of rotatable bonds is 5. The van der Waals surface area contributed by atoms with E-state index in [0.717, 1.165) is 26.2 Å². The van der Waals surface area contributed by atoms with Gasteiger partial charge in [-0.3, -0.25) is 0 Å². The Morgan fingerprint density at radius 1 is 1.39 bits per heavy atom. The molecule has 2 nitrogen and oxygen atoms in total. The van der Waals surface area contributed by atoms with Crippen LogP contribution in [0.5, 0.6) is 0 Å². The number of nitrogens with one attached hydrogen (secondary N) is 1. The maximum Gasteiger partial charge on any atom is 0.133 e. The smallest absolute Gasteiger partial charge is 0.133 e. The minimum atomic E-state index is 0.378. The zero-order valence-corrected chi connectivity index (χ0v) is 15.0. The summed E-state index contributed by atoms with van der Waals surface area (Å²) in [5.41, 5.74) is 0. The number of hydrogen-bond donors (Lipinski definition) is 1. The molecule has 0 radical (unpaired) electrons. The Balaban J connectivity index is 2.14. The van der Waals surface area contributed by atoms with Crippen LogP contribution in [0.4, 0.5) is 0 Å². The Morgan fingerprint density at radius 2 is 2.17 bits per heavy atom. The van der Waals surface area contributed by atoms with Crippen molar-refractivity contribution in [1.82, 2.24) is 10.3 Å². The van der Waals surface area contributed by atoms with Crippen LogP contribution in [0.15, 0.2) is 20.5 Å². The monoisotopic (exact) mass is 408 g/mol. The van der Waals surface area contributed by atoms with Gasteiger partial charge in [0.05, 0.1) is 8.66 Å². The molecule has 0 bridgehead atoms. The second kappa shape index (κ2) is 6.61. The molecule has 0 aliphatic heterocycles. The SMILES string of the molecule is CCCNC(C)c1cnc(-c2cc(Br)c(Br)s2)s1. The first-order valence-corrected chi connectivity index (χ1v) is 8.98. The van der Waals surface area contributed by atoms with Crippen molar-refractivity contribution in [3.05, 3.63) is 25.4 Å². The van der Waals surface area contributed by atoms with Crippen molar-refractivity contribution in [3.63, 3.8) is 0 Å². The molecule has 1 unspecified atom stereocenters. The summed E-state index contributed by atoms with van der Waals surface area (Å²) in [6.45, 7) is 5.41. The molecule has 0 aromatic carbocycles. The maximum absolute atomic E-state index is 4.52. The molecule has 0 saturated carbocycles. The Kier molecular flexibility index (Phi) is 5.38. The standard InChI is InChI=1S/C12H14Br2N2S2/c1-3-4-15-7(2)10-6-16-12(18-10)9-5-8(13)11(14)17-9/h5-7,15H,3-4H2,1-2H3. The van der Waals surface area contributed by atoms with Crippen molar-refractivity contribution in [1.29, 1.82) is 0 Å². The van der Waals surface area contributed by atoms with Gasteiger partial charge in [-0.1, -0.05) is 6.92 Å². The second-order valence-electron chi connectivity index (χ2n) is 3.98. The molecule has 0 aliphatic rings. The van der Waals surface area contributed by atoms with Gasteiger partial charge in [-0.15, -0.1) is 22.7 Å². The van der Waals surface area contributed by atoms with Gasteiger partial charge in [0.25, 0.3) is 0 Å². The van der Waals surface area contributed by atoms with E-state index in [1.807, 2.05) is 6.20 Å². The van der Waals surface area contributed by atoms with Gasteiger partial charge in [0.1, 0.15) is 5.01 Å². The van der Waals surface area contributed by atoms with Crippen LogP contribution < -0.4 is 5.32 Å². The van der Waals surface area contributed by atoms with E-state index >= 15 is 0 Å². The van der Waals surface area contributed by atoms with Crippen LogP contribution in [0.1, 0.15) is 31.2 Å². The Morgan fingerprint density at radius 3 is 2.78 bits per heavy atom. The summed E-state index contributed by atoms with van der Waals surface area (Å²) in [4.78, 5) is 7.01. The second-order valence-corrected chi connectivity index (χ2v) is 8.26. The average Bonchev–Trinajstić information content (AvgIpc) is 2.94.